The second-order valence-electron chi connectivity index (χ2n) is 4.59. The van der Waals surface area contributed by atoms with Crippen molar-refractivity contribution < 1.29 is 9.59 Å². The molecule has 0 aromatic carbocycles. The highest BCUT2D eigenvalue weighted by Gasteiger charge is 2.30. The minimum absolute atomic E-state index is 0.110. The molecule has 1 aromatic heterocycles. The first-order chi connectivity index (χ1) is 9.54. The van der Waals surface area contributed by atoms with Gasteiger partial charge >= 0.3 is 0 Å². The molecule has 2 rings (SSSR count). The highest BCUT2D eigenvalue weighted by atomic mass is 32.1. The van der Waals surface area contributed by atoms with E-state index in [1.54, 1.807) is 11.8 Å². The molecule has 5 nitrogen and oxygen atoms in total. The lowest BCUT2D eigenvalue weighted by molar-refractivity contribution is -0.127. The third kappa shape index (κ3) is 2.84. The molecule has 2 heterocycles. The van der Waals surface area contributed by atoms with E-state index in [1.807, 2.05) is 13.0 Å². The van der Waals surface area contributed by atoms with Gasteiger partial charge in [0.15, 0.2) is 0 Å². The number of nitrogens with two attached hydrogens (primary N) is 1. The molecule has 1 saturated heterocycles. The van der Waals surface area contributed by atoms with Crippen LogP contribution in [0.1, 0.15) is 27.0 Å². The Hall–Kier alpha value is -1.84. The smallest absolute Gasteiger partial charge is 0.264 e. The maximum absolute atomic E-state index is 12.5. The fourth-order valence-electron chi connectivity index (χ4n) is 2.04. The summed E-state index contributed by atoms with van der Waals surface area (Å²) in [5.74, 6) is 5.54. The molecule has 1 fully saturated rings. The van der Waals surface area contributed by atoms with Crippen molar-refractivity contribution in [3.63, 3.8) is 0 Å². The van der Waals surface area contributed by atoms with E-state index in [2.05, 4.69) is 17.2 Å². The summed E-state index contributed by atoms with van der Waals surface area (Å²) < 4.78 is 0. The molecule has 1 unspecified atom stereocenters. The summed E-state index contributed by atoms with van der Waals surface area (Å²) in [4.78, 5) is 27.2. The van der Waals surface area contributed by atoms with Gasteiger partial charge in [-0.15, -0.1) is 11.3 Å². The van der Waals surface area contributed by atoms with Crippen LogP contribution in [0.15, 0.2) is 6.07 Å². The number of hydrogen-bond acceptors (Lipinski definition) is 4. The molecular formula is C14H17N3O2S. The van der Waals surface area contributed by atoms with Crippen molar-refractivity contribution in [1.29, 1.82) is 0 Å². The van der Waals surface area contributed by atoms with Crippen molar-refractivity contribution in [1.82, 2.24) is 10.2 Å². The molecule has 0 spiro atoms. The number of carbonyl (C=O) groups excluding carboxylic acids is 2. The van der Waals surface area contributed by atoms with Crippen molar-refractivity contribution in [2.75, 3.05) is 19.6 Å². The van der Waals surface area contributed by atoms with Gasteiger partial charge in [-0.05, 0) is 25.5 Å². The van der Waals surface area contributed by atoms with Crippen LogP contribution in [-0.2, 0) is 4.79 Å². The number of amides is 2. The van der Waals surface area contributed by atoms with Crippen LogP contribution in [0.25, 0.3) is 0 Å². The van der Waals surface area contributed by atoms with E-state index >= 15 is 0 Å². The Morgan fingerprint density at radius 1 is 1.65 bits per heavy atom. The van der Waals surface area contributed by atoms with Crippen LogP contribution in [0.3, 0.4) is 0 Å². The van der Waals surface area contributed by atoms with E-state index in [0.29, 0.717) is 24.5 Å². The second-order valence-corrected chi connectivity index (χ2v) is 5.65. The normalized spacial score (nSPS) is 18.2. The van der Waals surface area contributed by atoms with Gasteiger partial charge < -0.3 is 16.0 Å². The van der Waals surface area contributed by atoms with E-state index in [0.717, 1.165) is 10.4 Å². The number of thiophene rings is 1. The minimum Gasteiger partial charge on any atom is -0.353 e. The predicted molar refractivity (Wildman–Crippen MR) is 78.5 cm³/mol. The van der Waals surface area contributed by atoms with Gasteiger partial charge in [-0.25, -0.2) is 0 Å². The molecule has 106 valence electrons. The van der Waals surface area contributed by atoms with Crippen molar-refractivity contribution in [2.24, 2.45) is 5.73 Å². The van der Waals surface area contributed by atoms with Gasteiger partial charge in [0.2, 0.25) is 5.91 Å². The quantitative estimate of drug-likeness (QED) is 0.732. The number of aryl methyl sites for hydroxylation is 1. The summed E-state index contributed by atoms with van der Waals surface area (Å²) in [6.45, 7) is 4.98. The van der Waals surface area contributed by atoms with Crippen molar-refractivity contribution >= 4 is 23.2 Å². The number of rotatable bonds is 1. The van der Waals surface area contributed by atoms with Crippen LogP contribution in [0.4, 0.5) is 0 Å². The predicted octanol–water partition coefficient (Wildman–Crippen LogP) is 0.327. The lowest BCUT2D eigenvalue weighted by Crippen LogP contribution is -2.55. The van der Waals surface area contributed by atoms with Crippen molar-refractivity contribution in [3.05, 3.63) is 21.4 Å². The van der Waals surface area contributed by atoms with Crippen molar-refractivity contribution in [3.8, 4) is 11.8 Å². The molecule has 6 heteroatoms. The van der Waals surface area contributed by atoms with Crippen LogP contribution in [0.5, 0.6) is 0 Å². The first-order valence-electron chi connectivity index (χ1n) is 6.42. The average molecular weight is 291 g/mol. The molecule has 2 amide bonds. The third-order valence-electron chi connectivity index (χ3n) is 3.19. The Bertz CT molecular complexity index is 597. The molecule has 0 radical (unpaired) electrons. The fourth-order valence-corrected chi connectivity index (χ4v) is 3.05. The van der Waals surface area contributed by atoms with Gasteiger partial charge in [0.05, 0.1) is 16.3 Å². The van der Waals surface area contributed by atoms with Gasteiger partial charge in [-0.2, -0.15) is 0 Å². The topological polar surface area (TPSA) is 75.4 Å². The summed E-state index contributed by atoms with van der Waals surface area (Å²) in [6, 6.07) is 1.39. The van der Waals surface area contributed by atoms with Gasteiger partial charge in [0.1, 0.15) is 6.04 Å². The molecule has 0 aliphatic carbocycles. The maximum Gasteiger partial charge on any atom is 0.264 e. The molecule has 20 heavy (non-hydrogen) atoms. The molecular weight excluding hydrogens is 274 g/mol. The largest absolute Gasteiger partial charge is 0.353 e. The lowest BCUT2D eigenvalue weighted by atomic mass is 10.2. The molecule has 3 N–H and O–H groups in total. The lowest BCUT2D eigenvalue weighted by Gasteiger charge is -2.32. The Labute approximate surface area is 122 Å². The first-order valence-corrected chi connectivity index (χ1v) is 7.24. The van der Waals surface area contributed by atoms with E-state index in [9.17, 15) is 9.59 Å². The molecule has 0 saturated carbocycles. The summed E-state index contributed by atoms with van der Waals surface area (Å²) >= 11 is 1.35. The molecule has 1 aliphatic heterocycles. The van der Waals surface area contributed by atoms with Gasteiger partial charge in [0.25, 0.3) is 5.91 Å². The molecule has 1 aromatic rings. The Balaban J connectivity index is 2.23. The monoisotopic (exact) mass is 291 g/mol. The maximum atomic E-state index is 12.5. The second kappa shape index (κ2) is 6.07. The van der Waals surface area contributed by atoms with E-state index in [1.165, 1.54) is 11.3 Å². The van der Waals surface area contributed by atoms with Crippen LogP contribution in [0.2, 0.25) is 0 Å². The number of piperazine rings is 1. The Morgan fingerprint density at radius 2 is 2.40 bits per heavy atom. The molecule has 0 bridgehead atoms. The third-order valence-corrected chi connectivity index (χ3v) is 4.33. The summed E-state index contributed by atoms with van der Waals surface area (Å²) in [5.41, 5.74) is 6.32. The molecule has 1 aliphatic rings. The van der Waals surface area contributed by atoms with Crippen LogP contribution < -0.4 is 11.1 Å². The fraction of sp³-hybridized carbons (Fsp3) is 0.429. The van der Waals surface area contributed by atoms with Crippen molar-refractivity contribution in [2.45, 2.75) is 19.9 Å². The standard InChI is InChI=1S/C14H17N3O2S/c1-9-8-12(20-11(9)4-3-5-15)14(19)17-7-6-16-13(18)10(17)2/h8,10H,5-7,15H2,1-2H3,(H,16,18). The van der Waals surface area contributed by atoms with Crippen LogP contribution in [-0.4, -0.2) is 42.4 Å². The van der Waals surface area contributed by atoms with Crippen LogP contribution in [0, 0.1) is 18.8 Å². The zero-order chi connectivity index (χ0) is 14.7. The summed E-state index contributed by atoms with van der Waals surface area (Å²) in [6.07, 6.45) is 0. The first kappa shape index (κ1) is 14.6. The zero-order valence-electron chi connectivity index (χ0n) is 11.5. The summed E-state index contributed by atoms with van der Waals surface area (Å²) in [7, 11) is 0. The van der Waals surface area contributed by atoms with E-state index in [4.69, 9.17) is 5.73 Å². The summed E-state index contributed by atoms with van der Waals surface area (Å²) in [5, 5.41) is 2.75. The highest BCUT2D eigenvalue weighted by molar-refractivity contribution is 7.14. The number of nitrogens with zero attached hydrogens (tertiary/aromatic N) is 1. The van der Waals surface area contributed by atoms with Gasteiger partial charge in [-0.1, -0.05) is 11.8 Å². The van der Waals surface area contributed by atoms with E-state index < -0.39 is 6.04 Å². The van der Waals surface area contributed by atoms with Crippen LogP contribution >= 0.6 is 11.3 Å². The van der Waals surface area contributed by atoms with E-state index in [-0.39, 0.29) is 11.8 Å². The Kier molecular flexibility index (Phi) is 4.42. The SMILES string of the molecule is Cc1cc(C(=O)N2CCNC(=O)C2C)sc1C#CCN. The highest BCUT2D eigenvalue weighted by Crippen LogP contribution is 2.23. The zero-order valence-corrected chi connectivity index (χ0v) is 12.3. The number of nitrogens with one attached hydrogen (secondary N) is 1. The van der Waals surface area contributed by atoms with Gasteiger partial charge in [0, 0.05) is 13.1 Å². The average Bonchev–Trinajstić information content (AvgIpc) is 2.80. The molecule has 1 atom stereocenters. The number of carbonyl (C=O) groups is 2. The Morgan fingerprint density at radius 3 is 3.10 bits per heavy atom. The van der Waals surface area contributed by atoms with Gasteiger partial charge in [-0.3, -0.25) is 9.59 Å². The minimum atomic E-state index is -0.433. The number of hydrogen-bond donors (Lipinski definition) is 2.